The van der Waals surface area contributed by atoms with Gasteiger partial charge in [0.05, 0.1) is 36.3 Å². The van der Waals surface area contributed by atoms with E-state index >= 15 is 0 Å². The lowest BCUT2D eigenvalue weighted by Gasteiger charge is -2.38. The summed E-state index contributed by atoms with van der Waals surface area (Å²) >= 11 is 0. The van der Waals surface area contributed by atoms with Crippen LogP contribution in [0.1, 0.15) is 33.1 Å². The highest BCUT2D eigenvalue weighted by Gasteiger charge is 2.38. The van der Waals surface area contributed by atoms with E-state index in [2.05, 4.69) is 5.10 Å². The first-order chi connectivity index (χ1) is 11.3. The van der Waals surface area contributed by atoms with Crippen LogP contribution in [0, 0.1) is 0 Å². The van der Waals surface area contributed by atoms with Crippen molar-refractivity contribution in [2.24, 2.45) is 5.10 Å². The van der Waals surface area contributed by atoms with E-state index in [-0.39, 0.29) is 41.9 Å². The molecule has 0 spiro atoms. The molecule has 0 aromatic rings. The standard InChI is InChI=1S/C15H23N3O5S/c1-10-8-23-11(2)7-17(10)15(20)13-3-4-14(19)18(16-13)12-5-6-24(21,22)9-12/h10-12H,3-9H2,1-2H3. The third kappa shape index (κ3) is 3.46. The van der Waals surface area contributed by atoms with E-state index in [0.29, 0.717) is 31.7 Å². The van der Waals surface area contributed by atoms with Crippen molar-refractivity contribution < 1.29 is 22.7 Å². The molecule has 2 saturated heterocycles. The first-order valence-electron chi connectivity index (χ1n) is 8.29. The number of amides is 2. The average molecular weight is 357 g/mol. The first-order valence-corrected chi connectivity index (χ1v) is 10.1. The lowest BCUT2D eigenvalue weighted by atomic mass is 10.1. The molecule has 2 fully saturated rings. The highest BCUT2D eigenvalue weighted by Crippen LogP contribution is 2.23. The SMILES string of the molecule is CC1CN(C(=O)C2=NN(C3CCS(=O)(=O)C3)C(=O)CC2)C(C)CO1. The molecule has 3 aliphatic rings. The van der Waals surface area contributed by atoms with Crippen LogP contribution >= 0.6 is 0 Å². The molecule has 0 saturated carbocycles. The third-order valence-corrected chi connectivity index (χ3v) is 6.48. The molecular formula is C15H23N3O5S. The molecule has 0 aromatic carbocycles. The number of hydrogen-bond acceptors (Lipinski definition) is 6. The largest absolute Gasteiger partial charge is 0.375 e. The van der Waals surface area contributed by atoms with E-state index in [1.54, 1.807) is 4.90 Å². The van der Waals surface area contributed by atoms with Gasteiger partial charge < -0.3 is 9.64 Å². The molecule has 3 atom stereocenters. The number of rotatable bonds is 2. The molecular weight excluding hydrogens is 334 g/mol. The molecule has 134 valence electrons. The number of sulfone groups is 1. The molecule has 0 radical (unpaired) electrons. The molecule has 2 amide bonds. The lowest BCUT2D eigenvalue weighted by Crippen LogP contribution is -2.53. The Bertz CT molecular complexity index is 675. The molecule has 0 aliphatic carbocycles. The summed E-state index contributed by atoms with van der Waals surface area (Å²) in [5, 5.41) is 5.48. The van der Waals surface area contributed by atoms with E-state index in [1.165, 1.54) is 5.01 Å². The smallest absolute Gasteiger partial charge is 0.270 e. The van der Waals surface area contributed by atoms with E-state index in [4.69, 9.17) is 4.74 Å². The minimum absolute atomic E-state index is 0.0351. The van der Waals surface area contributed by atoms with Crippen molar-refractivity contribution in [1.29, 1.82) is 0 Å². The van der Waals surface area contributed by atoms with Crippen molar-refractivity contribution in [2.45, 2.75) is 51.3 Å². The molecule has 0 N–H and O–H groups in total. The van der Waals surface area contributed by atoms with Gasteiger partial charge in [-0.2, -0.15) is 5.10 Å². The zero-order valence-corrected chi connectivity index (χ0v) is 14.8. The summed E-state index contributed by atoms with van der Waals surface area (Å²) in [7, 11) is -3.12. The van der Waals surface area contributed by atoms with Crippen LogP contribution in [0.4, 0.5) is 0 Å². The van der Waals surface area contributed by atoms with E-state index < -0.39 is 15.9 Å². The molecule has 0 bridgehead atoms. The highest BCUT2D eigenvalue weighted by molar-refractivity contribution is 7.91. The van der Waals surface area contributed by atoms with Gasteiger partial charge in [0.1, 0.15) is 5.71 Å². The predicted octanol–water partition coefficient (Wildman–Crippen LogP) is -0.212. The van der Waals surface area contributed by atoms with Gasteiger partial charge in [0.25, 0.3) is 5.91 Å². The zero-order chi connectivity index (χ0) is 17.5. The highest BCUT2D eigenvalue weighted by atomic mass is 32.2. The normalized spacial score (nSPS) is 33.5. The van der Waals surface area contributed by atoms with Crippen molar-refractivity contribution >= 4 is 27.4 Å². The van der Waals surface area contributed by atoms with Crippen LogP contribution in [0.15, 0.2) is 5.10 Å². The van der Waals surface area contributed by atoms with Crippen LogP contribution < -0.4 is 0 Å². The summed E-state index contributed by atoms with van der Waals surface area (Å²) in [6, 6.07) is -0.499. The number of hydrazone groups is 1. The monoisotopic (exact) mass is 357 g/mol. The quantitative estimate of drug-likeness (QED) is 0.681. The first kappa shape index (κ1) is 17.3. The summed E-state index contributed by atoms with van der Waals surface area (Å²) in [5.74, 6) is -0.402. The Morgan fingerprint density at radius 2 is 2.04 bits per heavy atom. The van der Waals surface area contributed by atoms with Gasteiger partial charge in [0, 0.05) is 19.4 Å². The Morgan fingerprint density at radius 3 is 2.71 bits per heavy atom. The number of hydrogen-bond donors (Lipinski definition) is 0. The van der Waals surface area contributed by atoms with Crippen LogP contribution in [-0.4, -0.2) is 78.7 Å². The fourth-order valence-corrected chi connectivity index (χ4v) is 5.02. The molecule has 0 aromatic heterocycles. The maximum Gasteiger partial charge on any atom is 0.270 e. The summed E-state index contributed by atoms with van der Waals surface area (Å²) in [6.45, 7) is 4.79. The number of ether oxygens (including phenoxy) is 1. The van der Waals surface area contributed by atoms with Crippen molar-refractivity contribution in [2.75, 3.05) is 24.7 Å². The van der Waals surface area contributed by atoms with E-state index in [0.717, 1.165) is 0 Å². The molecule has 9 heteroatoms. The molecule has 3 rings (SSSR count). The van der Waals surface area contributed by atoms with Gasteiger partial charge >= 0.3 is 0 Å². The summed E-state index contributed by atoms with van der Waals surface area (Å²) in [4.78, 5) is 26.6. The Morgan fingerprint density at radius 1 is 1.29 bits per heavy atom. The van der Waals surface area contributed by atoms with Crippen LogP contribution in [0.3, 0.4) is 0 Å². The summed E-state index contributed by atoms with van der Waals surface area (Å²) in [5.41, 5.74) is 0.333. The van der Waals surface area contributed by atoms with E-state index in [9.17, 15) is 18.0 Å². The minimum Gasteiger partial charge on any atom is -0.375 e. The maximum atomic E-state index is 12.8. The fourth-order valence-electron chi connectivity index (χ4n) is 3.33. The second kappa shape index (κ2) is 6.44. The fraction of sp³-hybridized carbons (Fsp3) is 0.800. The summed E-state index contributed by atoms with van der Waals surface area (Å²) < 4.78 is 28.8. The van der Waals surface area contributed by atoms with Gasteiger partial charge in [0.15, 0.2) is 9.84 Å². The minimum atomic E-state index is -3.12. The molecule has 8 nitrogen and oxygen atoms in total. The van der Waals surface area contributed by atoms with Gasteiger partial charge in [-0.05, 0) is 20.3 Å². The van der Waals surface area contributed by atoms with Gasteiger partial charge in [-0.25, -0.2) is 13.4 Å². The average Bonchev–Trinajstić information content (AvgIpc) is 2.89. The maximum absolute atomic E-state index is 12.8. The molecule has 3 aliphatic heterocycles. The van der Waals surface area contributed by atoms with Crippen molar-refractivity contribution in [3.05, 3.63) is 0 Å². The van der Waals surface area contributed by atoms with Gasteiger partial charge in [0.2, 0.25) is 5.91 Å². The van der Waals surface area contributed by atoms with Gasteiger partial charge in [-0.3, -0.25) is 9.59 Å². The van der Waals surface area contributed by atoms with Crippen LogP contribution in [0.2, 0.25) is 0 Å². The van der Waals surface area contributed by atoms with Crippen LogP contribution in [0.5, 0.6) is 0 Å². The number of carbonyl (C=O) groups is 2. The Balaban J connectivity index is 1.78. The Labute approximate surface area is 141 Å². The zero-order valence-electron chi connectivity index (χ0n) is 14.0. The topological polar surface area (TPSA) is 96.4 Å². The predicted molar refractivity (Wildman–Crippen MR) is 87.2 cm³/mol. The van der Waals surface area contributed by atoms with Crippen LogP contribution in [-0.2, 0) is 24.2 Å². The van der Waals surface area contributed by atoms with Crippen LogP contribution in [0.25, 0.3) is 0 Å². The lowest BCUT2D eigenvalue weighted by molar-refractivity contribution is -0.137. The van der Waals surface area contributed by atoms with Crippen molar-refractivity contribution in [3.63, 3.8) is 0 Å². The molecule has 24 heavy (non-hydrogen) atoms. The molecule has 3 unspecified atom stereocenters. The van der Waals surface area contributed by atoms with E-state index in [1.807, 2.05) is 13.8 Å². The number of nitrogens with zero attached hydrogens (tertiary/aromatic N) is 3. The number of morpholine rings is 1. The Hall–Kier alpha value is -1.48. The van der Waals surface area contributed by atoms with Crippen molar-refractivity contribution in [1.82, 2.24) is 9.91 Å². The second-order valence-corrected chi connectivity index (χ2v) is 9.02. The van der Waals surface area contributed by atoms with Gasteiger partial charge in [-0.1, -0.05) is 0 Å². The molecule has 3 heterocycles. The Kier molecular flexibility index (Phi) is 4.65. The van der Waals surface area contributed by atoms with Gasteiger partial charge in [-0.15, -0.1) is 0 Å². The number of carbonyl (C=O) groups excluding carboxylic acids is 2. The summed E-state index contributed by atoms with van der Waals surface area (Å²) in [6.07, 6.45) is 0.831. The third-order valence-electron chi connectivity index (χ3n) is 4.73. The second-order valence-electron chi connectivity index (χ2n) is 6.79. The van der Waals surface area contributed by atoms with Crippen molar-refractivity contribution in [3.8, 4) is 0 Å².